The minimum atomic E-state index is -0.380. The standard InChI is InChI=1S/C15H19N5O2S/c1-20(11-4-2-9(16)3-5-11)14-17-7-6-10(18-14)8-12-13(21)19-15(22)23-12/h6-9,11H,2-5,16H2,1H3,(H,19,21,22)/b12-8-. The highest BCUT2D eigenvalue weighted by molar-refractivity contribution is 8.18. The summed E-state index contributed by atoms with van der Waals surface area (Å²) in [4.78, 5) is 34.0. The average Bonchev–Trinajstić information content (AvgIpc) is 2.85. The minimum Gasteiger partial charge on any atom is -0.341 e. The van der Waals surface area contributed by atoms with Gasteiger partial charge in [0.25, 0.3) is 11.1 Å². The van der Waals surface area contributed by atoms with E-state index in [1.54, 1.807) is 18.3 Å². The molecule has 1 aliphatic heterocycles. The minimum absolute atomic E-state index is 0.298. The van der Waals surface area contributed by atoms with Crippen LogP contribution < -0.4 is 16.0 Å². The van der Waals surface area contributed by atoms with Gasteiger partial charge in [-0.1, -0.05) is 0 Å². The lowest BCUT2D eigenvalue weighted by atomic mass is 9.91. The number of nitrogens with one attached hydrogen (secondary N) is 1. The van der Waals surface area contributed by atoms with E-state index in [4.69, 9.17) is 5.73 Å². The normalized spacial score (nSPS) is 26.4. The number of aromatic nitrogens is 2. The van der Waals surface area contributed by atoms with Gasteiger partial charge in [0.2, 0.25) is 5.95 Å². The van der Waals surface area contributed by atoms with E-state index in [0.717, 1.165) is 37.4 Å². The van der Waals surface area contributed by atoms with E-state index in [1.807, 2.05) is 7.05 Å². The van der Waals surface area contributed by atoms with E-state index in [-0.39, 0.29) is 11.1 Å². The van der Waals surface area contributed by atoms with Gasteiger partial charge >= 0.3 is 0 Å². The predicted molar refractivity (Wildman–Crippen MR) is 89.8 cm³/mol. The van der Waals surface area contributed by atoms with E-state index >= 15 is 0 Å². The number of nitrogens with two attached hydrogens (primary N) is 1. The first-order valence-electron chi connectivity index (χ1n) is 7.59. The van der Waals surface area contributed by atoms with E-state index < -0.39 is 0 Å². The van der Waals surface area contributed by atoms with Crippen LogP contribution in [0.5, 0.6) is 0 Å². The fraction of sp³-hybridized carbons (Fsp3) is 0.467. The topological polar surface area (TPSA) is 101 Å². The molecule has 23 heavy (non-hydrogen) atoms. The molecule has 0 spiro atoms. The van der Waals surface area contributed by atoms with Crippen LogP contribution in [-0.4, -0.2) is 40.2 Å². The van der Waals surface area contributed by atoms with Crippen LogP contribution in [0.3, 0.4) is 0 Å². The summed E-state index contributed by atoms with van der Waals surface area (Å²) < 4.78 is 0. The van der Waals surface area contributed by atoms with Gasteiger partial charge in [0.15, 0.2) is 0 Å². The smallest absolute Gasteiger partial charge is 0.290 e. The lowest BCUT2D eigenvalue weighted by molar-refractivity contribution is -0.115. The molecule has 0 atom stereocenters. The highest BCUT2D eigenvalue weighted by Gasteiger charge is 2.26. The lowest BCUT2D eigenvalue weighted by Gasteiger charge is -2.33. The summed E-state index contributed by atoms with van der Waals surface area (Å²) in [6.45, 7) is 0. The van der Waals surface area contributed by atoms with Gasteiger partial charge in [-0.3, -0.25) is 14.9 Å². The summed E-state index contributed by atoms with van der Waals surface area (Å²) in [7, 11) is 1.98. The molecule has 2 fully saturated rings. The first-order valence-corrected chi connectivity index (χ1v) is 8.41. The number of thioether (sulfide) groups is 1. The molecule has 0 radical (unpaired) electrons. The fourth-order valence-electron chi connectivity index (χ4n) is 2.82. The molecule has 1 aliphatic carbocycles. The zero-order valence-corrected chi connectivity index (χ0v) is 13.7. The fourth-order valence-corrected chi connectivity index (χ4v) is 3.49. The van der Waals surface area contributed by atoms with Gasteiger partial charge < -0.3 is 10.6 Å². The maximum absolute atomic E-state index is 11.6. The van der Waals surface area contributed by atoms with E-state index in [0.29, 0.717) is 28.6 Å². The molecule has 0 aromatic carbocycles. The van der Waals surface area contributed by atoms with Gasteiger partial charge in [-0.05, 0) is 49.6 Å². The largest absolute Gasteiger partial charge is 0.341 e. The maximum atomic E-state index is 11.6. The van der Waals surface area contributed by atoms with Gasteiger partial charge in [0.1, 0.15) is 0 Å². The molecule has 1 aromatic heterocycles. The van der Waals surface area contributed by atoms with Crippen molar-refractivity contribution in [2.24, 2.45) is 5.73 Å². The molecule has 2 heterocycles. The van der Waals surface area contributed by atoms with Crippen LogP contribution in [0, 0.1) is 0 Å². The molecule has 2 aliphatic rings. The molecule has 3 N–H and O–H groups in total. The molecule has 0 unspecified atom stereocenters. The number of imide groups is 1. The Balaban J connectivity index is 1.76. The third kappa shape index (κ3) is 3.70. The second kappa shape index (κ2) is 6.67. The number of carbonyl (C=O) groups excluding carboxylic acids is 2. The molecule has 122 valence electrons. The van der Waals surface area contributed by atoms with Crippen LogP contribution in [0.15, 0.2) is 17.2 Å². The zero-order chi connectivity index (χ0) is 16.4. The number of hydrogen-bond donors (Lipinski definition) is 2. The molecule has 1 saturated carbocycles. The number of carbonyl (C=O) groups is 2. The molecule has 1 saturated heterocycles. The number of rotatable bonds is 3. The van der Waals surface area contributed by atoms with Crippen molar-refractivity contribution in [1.82, 2.24) is 15.3 Å². The first kappa shape index (κ1) is 15.9. The second-order valence-electron chi connectivity index (χ2n) is 5.81. The summed E-state index contributed by atoms with van der Waals surface area (Å²) in [5.74, 6) is 0.240. The number of nitrogens with zero attached hydrogens (tertiary/aromatic N) is 3. The number of hydrogen-bond acceptors (Lipinski definition) is 7. The predicted octanol–water partition coefficient (Wildman–Crippen LogP) is 1.51. The summed E-state index contributed by atoms with van der Waals surface area (Å²) >= 11 is 0.885. The Bertz CT molecular complexity index is 655. The van der Waals surface area contributed by atoms with E-state index in [1.165, 1.54) is 0 Å². The Labute approximate surface area is 138 Å². The van der Waals surface area contributed by atoms with Crippen LogP contribution in [0.25, 0.3) is 6.08 Å². The average molecular weight is 333 g/mol. The zero-order valence-electron chi connectivity index (χ0n) is 12.9. The van der Waals surface area contributed by atoms with Gasteiger partial charge in [-0.15, -0.1) is 0 Å². The monoisotopic (exact) mass is 333 g/mol. The van der Waals surface area contributed by atoms with Crippen LogP contribution in [0.4, 0.5) is 10.7 Å². The van der Waals surface area contributed by atoms with Crippen molar-refractivity contribution in [3.63, 3.8) is 0 Å². The van der Waals surface area contributed by atoms with Crippen LogP contribution in [0.1, 0.15) is 31.4 Å². The Morgan fingerprint density at radius 3 is 2.74 bits per heavy atom. The summed E-state index contributed by atoms with van der Waals surface area (Å²) in [6.07, 6.45) is 7.35. The van der Waals surface area contributed by atoms with Crippen LogP contribution in [-0.2, 0) is 4.79 Å². The Morgan fingerprint density at radius 1 is 1.35 bits per heavy atom. The first-order chi connectivity index (χ1) is 11.0. The Kier molecular flexibility index (Phi) is 4.63. The van der Waals surface area contributed by atoms with Gasteiger partial charge in [-0.2, -0.15) is 0 Å². The highest BCUT2D eigenvalue weighted by atomic mass is 32.2. The van der Waals surface area contributed by atoms with Gasteiger partial charge in [0.05, 0.1) is 10.6 Å². The number of amides is 2. The molecular weight excluding hydrogens is 314 g/mol. The Morgan fingerprint density at radius 2 is 2.09 bits per heavy atom. The Hall–Kier alpha value is -1.93. The molecule has 1 aromatic rings. The van der Waals surface area contributed by atoms with Crippen molar-refractivity contribution in [3.05, 3.63) is 22.9 Å². The maximum Gasteiger partial charge on any atom is 0.290 e. The van der Waals surface area contributed by atoms with Crippen LogP contribution >= 0.6 is 11.8 Å². The third-order valence-corrected chi connectivity index (χ3v) is 5.00. The summed E-state index contributed by atoms with van der Waals surface area (Å²) in [5.41, 5.74) is 6.56. The van der Waals surface area contributed by atoms with E-state index in [9.17, 15) is 9.59 Å². The molecular formula is C15H19N5O2S. The van der Waals surface area contributed by atoms with Crippen molar-refractivity contribution >= 4 is 34.9 Å². The van der Waals surface area contributed by atoms with Gasteiger partial charge in [-0.25, -0.2) is 9.97 Å². The van der Waals surface area contributed by atoms with Gasteiger partial charge in [0, 0.05) is 25.3 Å². The third-order valence-electron chi connectivity index (χ3n) is 4.19. The van der Waals surface area contributed by atoms with Crippen molar-refractivity contribution < 1.29 is 9.59 Å². The molecule has 8 heteroatoms. The molecule has 3 rings (SSSR count). The number of anilines is 1. The second-order valence-corrected chi connectivity index (χ2v) is 6.83. The van der Waals surface area contributed by atoms with Crippen molar-refractivity contribution in [3.8, 4) is 0 Å². The molecule has 7 nitrogen and oxygen atoms in total. The van der Waals surface area contributed by atoms with Crippen LogP contribution in [0.2, 0.25) is 0 Å². The summed E-state index contributed by atoms with van der Waals surface area (Å²) in [5, 5.41) is 1.88. The van der Waals surface area contributed by atoms with E-state index in [2.05, 4.69) is 20.2 Å². The highest BCUT2D eigenvalue weighted by Crippen LogP contribution is 2.26. The molecule has 0 bridgehead atoms. The lowest BCUT2D eigenvalue weighted by Crippen LogP contribution is -2.39. The molecule has 2 amide bonds. The van der Waals surface area contributed by atoms with Crippen molar-refractivity contribution in [2.75, 3.05) is 11.9 Å². The SMILES string of the molecule is CN(c1nccc(/C=C2\SC(=O)NC2=O)n1)C1CCC(N)CC1. The van der Waals surface area contributed by atoms with Crippen molar-refractivity contribution in [2.45, 2.75) is 37.8 Å². The van der Waals surface area contributed by atoms with Crippen molar-refractivity contribution in [1.29, 1.82) is 0 Å². The quantitative estimate of drug-likeness (QED) is 0.808. The summed E-state index contributed by atoms with van der Waals surface area (Å²) in [6, 6.07) is 2.40.